The van der Waals surface area contributed by atoms with Crippen LogP contribution in [-0.4, -0.2) is 10.7 Å². The van der Waals surface area contributed by atoms with Crippen LogP contribution in [0.25, 0.3) is 0 Å². The van der Waals surface area contributed by atoms with Crippen molar-refractivity contribution < 1.29 is 0 Å². The molecule has 0 aliphatic rings. The maximum atomic E-state index is 5.89. The lowest BCUT2D eigenvalue weighted by Crippen LogP contribution is -1.96. The standard InChI is InChI=1S/C13H11ClN2/c1-10(13-7-2-3-8-15-13)16-12-6-4-5-11(14)9-12/h2-9H,1H3. The normalized spacial score (nSPS) is 11.5. The van der Waals surface area contributed by atoms with E-state index in [0.29, 0.717) is 5.02 Å². The van der Waals surface area contributed by atoms with E-state index in [4.69, 9.17) is 11.6 Å². The zero-order chi connectivity index (χ0) is 11.4. The van der Waals surface area contributed by atoms with Gasteiger partial charge in [-0.05, 0) is 37.3 Å². The highest BCUT2D eigenvalue weighted by Crippen LogP contribution is 2.18. The number of rotatable bonds is 2. The smallest absolute Gasteiger partial charge is 0.0841 e. The van der Waals surface area contributed by atoms with Crippen LogP contribution in [0.2, 0.25) is 5.02 Å². The summed E-state index contributed by atoms with van der Waals surface area (Å²) in [7, 11) is 0. The van der Waals surface area contributed by atoms with Crippen LogP contribution >= 0.6 is 11.6 Å². The second-order valence-corrected chi connectivity index (χ2v) is 3.83. The molecule has 0 atom stereocenters. The molecule has 0 N–H and O–H groups in total. The molecule has 2 rings (SSSR count). The third-order valence-electron chi connectivity index (χ3n) is 2.14. The van der Waals surface area contributed by atoms with Crippen molar-refractivity contribution in [3.8, 4) is 0 Å². The van der Waals surface area contributed by atoms with Gasteiger partial charge in [-0.15, -0.1) is 0 Å². The molecular formula is C13H11ClN2. The van der Waals surface area contributed by atoms with Gasteiger partial charge < -0.3 is 0 Å². The maximum Gasteiger partial charge on any atom is 0.0841 e. The van der Waals surface area contributed by atoms with E-state index in [-0.39, 0.29) is 0 Å². The first-order valence-corrected chi connectivity index (χ1v) is 5.36. The van der Waals surface area contributed by atoms with Gasteiger partial charge in [0.2, 0.25) is 0 Å². The fourth-order valence-electron chi connectivity index (χ4n) is 1.37. The molecule has 1 aromatic carbocycles. The number of nitrogens with zero attached hydrogens (tertiary/aromatic N) is 2. The number of halogens is 1. The first-order valence-electron chi connectivity index (χ1n) is 4.98. The number of aliphatic imine (C=N–C) groups is 1. The Hall–Kier alpha value is -1.67. The Labute approximate surface area is 99.6 Å². The monoisotopic (exact) mass is 230 g/mol. The van der Waals surface area contributed by atoms with Crippen molar-refractivity contribution in [3.05, 3.63) is 59.4 Å². The van der Waals surface area contributed by atoms with Crippen LogP contribution in [0.5, 0.6) is 0 Å². The molecular weight excluding hydrogens is 220 g/mol. The summed E-state index contributed by atoms with van der Waals surface area (Å²) in [6, 6.07) is 13.2. The molecule has 1 heterocycles. The summed E-state index contributed by atoms with van der Waals surface area (Å²) in [5, 5.41) is 0.690. The van der Waals surface area contributed by atoms with Crippen molar-refractivity contribution in [2.24, 2.45) is 4.99 Å². The van der Waals surface area contributed by atoms with E-state index in [1.54, 1.807) is 6.20 Å². The summed E-state index contributed by atoms with van der Waals surface area (Å²) in [5.41, 5.74) is 2.60. The topological polar surface area (TPSA) is 25.2 Å². The van der Waals surface area contributed by atoms with Crippen LogP contribution in [0.3, 0.4) is 0 Å². The summed E-state index contributed by atoms with van der Waals surface area (Å²) in [6.45, 7) is 1.93. The molecule has 0 saturated heterocycles. The quantitative estimate of drug-likeness (QED) is 0.719. The van der Waals surface area contributed by atoms with Crippen molar-refractivity contribution >= 4 is 23.0 Å². The number of hydrogen-bond donors (Lipinski definition) is 0. The van der Waals surface area contributed by atoms with Gasteiger partial charge in [-0.1, -0.05) is 23.7 Å². The Bertz CT molecular complexity index is 506. The van der Waals surface area contributed by atoms with Gasteiger partial charge in [0.15, 0.2) is 0 Å². The molecule has 1 aromatic heterocycles. The predicted molar refractivity (Wildman–Crippen MR) is 67.6 cm³/mol. The predicted octanol–water partition coefficient (Wildman–Crippen LogP) is 3.88. The molecule has 0 amide bonds. The van der Waals surface area contributed by atoms with Gasteiger partial charge in [-0.25, -0.2) is 0 Å². The van der Waals surface area contributed by atoms with E-state index < -0.39 is 0 Å². The second kappa shape index (κ2) is 4.90. The number of hydrogen-bond acceptors (Lipinski definition) is 2. The van der Waals surface area contributed by atoms with Crippen molar-refractivity contribution in [3.63, 3.8) is 0 Å². The maximum absolute atomic E-state index is 5.89. The zero-order valence-electron chi connectivity index (χ0n) is 8.89. The summed E-state index contributed by atoms with van der Waals surface area (Å²) < 4.78 is 0. The highest BCUT2D eigenvalue weighted by molar-refractivity contribution is 6.30. The second-order valence-electron chi connectivity index (χ2n) is 3.39. The van der Waals surface area contributed by atoms with Crippen molar-refractivity contribution in [2.75, 3.05) is 0 Å². The Morgan fingerprint density at radius 1 is 1.19 bits per heavy atom. The first kappa shape index (κ1) is 10.8. The lowest BCUT2D eigenvalue weighted by Gasteiger charge is -2.00. The van der Waals surface area contributed by atoms with Gasteiger partial charge in [0.1, 0.15) is 0 Å². The molecule has 0 unspecified atom stereocenters. The van der Waals surface area contributed by atoms with Gasteiger partial charge >= 0.3 is 0 Å². The van der Waals surface area contributed by atoms with Crippen LogP contribution in [0.15, 0.2) is 53.7 Å². The van der Waals surface area contributed by atoms with Gasteiger partial charge in [0.25, 0.3) is 0 Å². The Morgan fingerprint density at radius 3 is 2.75 bits per heavy atom. The van der Waals surface area contributed by atoms with E-state index in [0.717, 1.165) is 17.1 Å². The summed E-state index contributed by atoms with van der Waals surface area (Å²) in [4.78, 5) is 8.69. The molecule has 2 nitrogen and oxygen atoms in total. The van der Waals surface area contributed by atoms with E-state index in [1.165, 1.54) is 0 Å². The fourth-order valence-corrected chi connectivity index (χ4v) is 1.56. The highest BCUT2D eigenvalue weighted by atomic mass is 35.5. The first-order chi connectivity index (χ1) is 7.75. The SMILES string of the molecule is CC(=Nc1cccc(Cl)c1)c1ccccn1. The Balaban J connectivity index is 2.32. The van der Waals surface area contributed by atoms with Gasteiger partial charge in [-0.2, -0.15) is 0 Å². The van der Waals surface area contributed by atoms with Gasteiger partial charge in [-0.3, -0.25) is 9.98 Å². The third kappa shape index (κ3) is 2.67. The summed E-state index contributed by atoms with van der Waals surface area (Å²) >= 11 is 5.89. The van der Waals surface area contributed by atoms with Crippen LogP contribution in [0, 0.1) is 0 Å². The van der Waals surface area contributed by atoms with E-state index in [9.17, 15) is 0 Å². The summed E-state index contributed by atoms with van der Waals surface area (Å²) in [6.07, 6.45) is 1.76. The molecule has 0 saturated carbocycles. The molecule has 0 bridgehead atoms. The molecule has 0 radical (unpaired) electrons. The lowest BCUT2D eigenvalue weighted by atomic mass is 10.2. The minimum Gasteiger partial charge on any atom is -0.255 e. The fraction of sp³-hybridized carbons (Fsp3) is 0.0769. The van der Waals surface area contributed by atoms with Crippen molar-refractivity contribution in [2.45, 2.75) is 6.92 Å². The van der Waals surface area contributed by atoms with E-state index in [2.05, 4.69) is 9.98 Å². The molecule has 0 spiro atoms. The molecule has 0 aliphatic heterocycles. The Morgan fingerprint density at radius 2 is 2.06 bits per heavy atom. The van der Waals surface area contributed by atoms with Gasteiger partial charge in [0.05, 0.1) is 17.1 Å². The molecule has 2 aromatic rings. The molecule has 0 aliphatic carbocycles. The van der Waals surface area contributed by atoms with Crippen LogP contribution < -0.4 is 0 Å². The number of aromatic nitrogens is 1. The lowest BCUT2D eigenvalue weighted by molar-refractivity contribution is 1.28. The zero-order valence-corrected chi connectivity index (χ0v) is 9.65. The number of pyridine rings is 1. The largest absolute Gasteiger partial charge is 0.255 e. The third-order valence-corrected chi connectivity index (χ3v) is 2.38. The van der Waals surface area contributed by atoms with Crippen LogP contribution in [0.1, 0.15) is 12.6 Å². The minimum absolute atomic E-state index is 0.690. The molecule has 80 valence electrons. The Kier molecular flexibility index (Phi) is 3.32. The summed E-state index contributed by atoms with van der Waals surface area (Å²) in [5.74, 6) is 0. The van der Waals surface area contributed by atoms with Crippen molar-refractivity contribution in [1.29, 1.82) is 0 Å². The average molecular weight is 231 g/mol. The number of benzene rings is 1. The molecule has 3 heteroatoms. The van der Waals surface area contributed by atoms with E-state index >= 15 is 0 Å². The van der Waals surface area contributed by atoms with Gasteiger partial charge in [0, 0.05) is 11.2 Å². The van der Waals surface area contributed by atoms with Crippen LogP contribution in [-0.2, 0) is 0 Å². The average Bonchev–Trinajstić information content (AvgIpc) is 2.30. The minimum atomic E-state index is 0.690. The molecule has 0 fully saturated rings. The van der Waals surface area contributed by atoms with Crippen molar-refractivity contribution in [1.82, 2.24) is 4.98 Å². The molecule has 16 heavy (non-hydrogen) atoms. The highest BCUT2D eigenvalue weighted by Gasteiger charge is 1.98. The van der Waals surface area contributed by atoms with E-state index in [1.807, 2.05) is 49.4 Å². The van der Waals surface area contributed by atoms with Crippen LogP contribution in [0.4, 0.5) is 5.69 Å².